The third-order valence-corrected chi connectivity index (χ3v) is 5.62. The van der Waals surface area contributed by atoms with Gasteiger partial charge >= 0.3 is 0 Å². The first-order chi connectivity index (χ1) is 11.1. The van der Waals surface area contributed by atoms with Crippen LogP contribution in [-0.4, -0.2) is 58.0 Å². The van der Waals surface area contributed by atoms with Gasteiger partial charge in [0.05, 0.1) is 25.2 Å². The summed E-state index contributed by atoms with van der Waals surface area (Å²) in [5, 5.41) is 0.0754. The first-order valence-corrected chi connectivity index (χ1v) is 8.84. The van der Waals surface area contributed by atoms with Crippen molar-refractivity contribution in [2.45, 2.75) is 23.9 Å². The molecular formula is C14H19N5O3S. The van der Waals surface area contributed by atoms with Crippen LogP contribution < -0.4 is 0 Å². The number of imidazole rings is 1. The van der Waals surface area contributed by atoms with E-state index < -0.39 is 10.0 Å². The Morgan fingerprint density at radius 2 is 2.22 bits per heavy atom. The maximum absolute atomic E-state index is 12.8. The molecule has 0 aliphatic carbocycles. The number of hydrogen-bond donors (Lipinski definition) is 0. The molecule has 1 atom stereocenters. The van der Waals surface area contributed by atoms with Crippen molar-refractivity contribution in [1.82, 2.24) is 23.8 Å². The number of ether oxygens (including phenoxy) is 1. The number of sulfonamides is 1. The topological polar surface area (TPSA) is 90.2 Å². The van der Waals surface area contributed by atoms with Crippen LogP contribution >= 0.6 is 0 Å². The lowest BCUT2D eigenvalue weighted by molar-refractivity contribution is 0.0296. The fraction of sp³-hybridized carbons (Fsp3) is 0.500. The lowest BCUT2D eigenvalue weighted by atomic mass is 10.1. The van der Waals surface area contributed by atoms with Crippen molar-refractivity contribution in [3.8, 4) is 0 Å². The Bertz CT molecular complexity index is 747. The molecule has 8 nitrogen and oxygen atoms in total. The minimum atomic E-state index is -3.61. The molecule has 0 amide bonds. The Balaban J connectivity index is 1.76. The smallest absolute Gasteiger partial charge is 0.262 e. The van der Waals surface area contributed by atoms with Gasteiger partial charge in [-0.05, 0) is 12.8 Å². The van der Waals surface area contributed by atoms with Crippen molar-refractivity contribution in [1.29, 1.82) is 0 Å². The van der Waals surface area contributed by atoms with E-state index in [4.69, 9.17) is 4.74 Å². The predicted octanol–water partition coefficient (Wildman–Crippen LogP) is 0.232. The van der Waals surface area contributed by atoms with Gasteiger partial charge in [0.2, 0.25) is 0 Å². The summed E-state index contributed by atoms with van der Waals surface area (Å²) >= 11 is 0. The molecule has 0 aromatic carbocycles. The zero-order valence-electron chi connectivity index (χ0n) is 12.9. The molecule has 9 heteroatoms. The van der Waals surface area contributed by atoms with Crippen molar-refractivity contribution in [3.05, 3.63) is 36.8 Å². The van der Waals surface area contributed by atoms with Crippen LogP contribution in [0.3, 0.4) is 0 Å². The van der Waals surface area contributed by atoms with Gasteiger partial charge in [-0.25, -0.2) is 13.4 Å². The lowest BCUT2D eigenvalue weighted by Crippen LogP contribution is -2.48. The van der Waals surface area contributed by atoms with E-state index in [-0.39, 0.29) is 11.1 Å². The maximum Gasteiger partial charge on any atom is 0.262 e. The summed E-state index contributed by atoms with van der Waals surface area (Å²) in [7, 11) is -1.86. The summed E-state index contributed by atoms with van der Waals surface area (Å²) in [6, 6.07) is -0.224. The number of aryl methyl sites for hydroxylation is 2. The quantitative estimate of drug-likeness (QED) is 0.776. The van der Waals surface area contributed by atoms with Gasteiger partial charge in [0.1, 0.15) is 0 Å². The van der Waals surface area contributed by atoms with E-state index in [1.165, 1.54) is 16.8 Å². The molecule has 124 valence electrons. The normalized spacial score (nSPS) is 19.8. The SMILES string of the molecule is Cn1cnc(S(=O)(=O)N2CCOC[C@H]2CCc2cnccn2)c1. The van der Waals surface area contributed by atoms with E-state index in [2.05, 4.69) is 15.0 Å². The highest BCUT2D eigenvalue weighted by Gasteiger charge is 2.35. The number of rotatable bonds is 5. The minimum absolute atomic E-state index is 0.0754. The summed E-state index contributed by atoms with van der Waals surface area (Å²) in [5.41, 5.74) is 0.841. The monoisotopic (exact) mass is 337 g/mol. The average molecular weight is 337 g/mol. The molecule has 3 heterocycles. The zero-order valence-corrected chi connectivity index (χ0v) is 13.7. The molecule has 2 aromatic rings. The van der Waals surface area contributed by atoms with Gasteiger partial charge < -0.3 is 9.30 Å². The predicted molar refractivity (Wildman–Crippen MR) is 82.1 cm³/mol. The van der Waals surface area contributed by atoms with Gasteiger partial charge in [-0.1, -0.05) is 0 Å². The molecule has 0 unspecified atom stereocenters. The van der Waals surface area contributed by atoms with Crippen LogP contribution in [0.5, 0.6) is 0 Å². The van der Waals surface area contributed by atoms with Gasteiger partial charge in [0.15, 0.2) is 5.03 Å². The molecule has 1 aliphatic heterocycles. The van der Waals surface area contributed by atoms with Crippen LogP contribution in [0.1, 0.15) is 12.1 Å². The average Bonchev–Trinajstić information content (AvgIpc) is 3.01. The third kappa shape index (κ3) is 3.57. The van der Waals surface area contributed by atoms with Gasteiger partial charge in [-0.3, -0.25) is 9.97 Å². The Hall–Kier alpha value is -1.84. The number of morpholine rings is 1. The number of nitrogens with zero attached hydrogens (tertiary/aromatic N) is 5. The summed E-state index contributed by atoms with van der Waals surface area (Å²) in [4.78, 5) is 12.2. The minimum Gasteiger partial charge on any atom is -0.378 e. The Morgan fingerprint density at radius 1 is 1.35 bits per heavy atom. The number of aromatic nitrogens is 4. The first kappa shape index (κ1) is 16.0. The van der Waals surface area contributed by atoms with Crippen LogP contribution in [0.2, 0.25) is 0 Å². The van der Waals surface area contributed by atoms with Crippen LogP contribution in [-0.2, 0) is 28.2 Å². The highest BCUT2D eigenvalue weighted by molar-refractivity contribution is 7.89. The van der Waals surface area contributed by atoms with Crippen molar-refractivity contribution < 1.29 is 13.2 Å². The van der Waals surface area contributed by atoms with E-state index in [1.807, 2.05) is 0 Å². The molecule has 0 bridgehead atoms. The van der Waals surface area contributed by atoms with E-state index in [0.717, 1.165) is 5.69 Å². The molecule has 0 spiro atoms. The standard InChI is InChI=1S/C14H19N5O3S/c1-18-9-14(17-11-18)23(20,21)19-6-7-22-10-13(19)3-2-12-8-15-4-5-16-12/h4-5,8-9,11,13H,2-3,6-7,10H2,1H3/t13-/m1/s1. The fourth-order valence-corrected chi connectivity index (χ4v) is 4.19. The molecule has 1 fully saturated rings. The molecular weight excluding hydrogens is 318 g/mol. The molecule has 23 heavy (non-hydrogen) atoms. The van der Waals surface area contributed by atoms with Crippen LogP contribution in [0.4, 0.5) is 0 Å². The molecule has 2 aromatic heterocycles. The molecule has 0 radical (unpaired) electrons. The second kappa shape index (κ2) is 6.73. The van der Waals surface area contributed by atoms with Crippen molar-refractivity contribution >= 4 is 10.0 Å². The maximum atomic E-state index is 12.8. The molecule has 3 rings (SSSR count). The summed E-state index contributed by atoms with van der Waals surface area (Å²) in [6.07, 6.45) is 9.23. The first-order valence-electron chi connectivity index (χ1n) is 7.40. The zero-order chi connectivity index (χ0) is 16.3. The largest absolute Gasteiger partial charge is 0.378 e. The van der Waals surface area contributed by atoms with E-state index in [0.29, 0.717) is 32.6 Å². The highest BCUT2D eigenvalue weighted by atomic mass is 32.2. The van der Waals surface area contributed by atoms with Crippen LogP contribution in [0.25, 0.3) is 0 Å². The van der Waals surface area contributed by atoms with E-state index >= 15 is 0 Å². The molecule has 0 N–H and O–H groups in total. The Kier molecular flexibility index (Phi) is 4.69. The van der Waals surface area contributed by atoms with Crippen molar-refractivity contribution in [3.63, 3.8) is 0 Å². The van der Waals surface area contributed by atoms with E-state index in [9.17, 15) is 8.42 Å². The van der Waals surface area contributed by atoms with Gasteiger partial charge in [0.25, 0.3) is 10.0 Å². The molecule has 1 saturated heterocycles. The summed E-state index contributed by atoms with van der Waals surface area (Å²) in [6.45, 7) is 1.12. The van der Waals surface area contributed by atoms with Gasteiger partial charge in [0, 0.05) is 44.4 Å². The molecule has 0 saturated carbocycles. The second-order valence-corrected chi connectivity index (χ2v) is 7.29. The lowest BCUT2D eigenvalue weighted by Gasteiger charge is -2.34. The second-order valence-electron chi connectivity index (χ2n) is 5.46. The van der Waals surface area contributed by atoms with Crippen LogP contribution in [0, 0.1) is 0 Å². The third-order valence-electron chi connectivity index (χ3n) is 3.78. The van der Waals surface area contributed by atoms with Crippen molar-refractivity contribution in [2.75, 3.05) is 19.8 Å². The van der Waals surface area contributed by atoms with Gasteiger partial charge in [-0.15, -0.1) is 0 Å². The Labute approximate surface area is 135 Å². The molecule has 1 aliphatic rings. The van der Waals surface area contributed by atoms with Crippen molar-refractivity contribution in [2.24, 2.45) is 7.05 Å². The highest BCUT2D eigenvalue weighted by Crippen LogP contribution is 2.21. The fourth-order valence-electron chi connectivity index (χ4n) is 2.60. The Morgan fingerprint density at radius 3 is 2.91 bits per heavy atom. The van der Waals surface area contributed by atoms with E-state index in [1.54, 1.807) is 30.2 Å². The van der Waals surface area contributed by atoms with Gasteiger partial charge in [-0.2, -0.15) is 4.31 Å². The number of hydrogen-bond acceptors (Lipinski definition) is 6. The summed E-state index contributed by atoms with van der Waals surface area (Å²) < 4.78 is 34.2. The summed E-state index contributed by atoms with van der Waals surface area (Å²) in [5.74, 6) is 0. The van der Waals surface area contributed by atoms with Crippen LogP contribution in [0.15, 0.2) is 36.1 Å².